The van der Waals surface area contributed by atoms with Crippen LogP contribution in [0, 0.1) is 0 Å². The second-order valence-corrected chi connectivity index (χ2v) is 4.52. The highest BCUT2D eigenvalue weighted by Crippen LogP contribution is 2.19. The Morgan fingerprint density at radius 1 is 1.22 bits per heavy atom. The molecule has 2 aromatic heterocycles. The maximum Gasteiger partial charge on any atom is 0.0492 e. The number of nitrogens with two attached hydrogens (primary N) is 1. The number of hydrogen-bond donors (Lipinski definition) is 1. The molecule has 2 heterocycles. The number of nitrogens with zero attached hydrogens (tertiary/aromatic N) is 3. The Bertz CT molecular complexity index is 678. The van der Waals surface area contributed by atoms with E-state index in [1.165, 1.54) is 16.6 Å². The summed E-state index contributed by atoms with van der Waals surface area (Å²) in [4.78, 5) is 0. The summed E-state index contributed by atoms with van der Waals surface area (Å²) in [7, 11) is 1.98. The number of fused-ring (bicyclic) bond motifs is 1. The van der Waals surface area contributed by atoms with E-state index < -0.39 is 0 Å². The molecule has 0 amide bonds. The highest BCUT2D eigenvalue weighted by molar-refractivity contribution is 5.83. The number of aryl methyl sites for hydroxylation is 3. The molecule has 92 valence electrons. The summed E-state index contributed by atoms with van der Waals surface area (Å²) in [5.74, 6) is 0. The molecule has 0 saturated heterocycles. The van der Waals surface area contributed by atoms with Crippen molar-refractivity contribution < 1.29 is 0 Å². The fourth-order valence-corrected chi connectivity index (χ4v) is 2.30. The summed E-state index contributed by atoms with van der Waals surface area (Å²) < 4.78 is 4.17. The molecule has 1 aromatic carbocycles. The number of benzene rings is 1. The number of nitrogen functional groups attached to an aromatic ring is 1. The Hall–Kier alpha value is -2.23. The molecule has 4 heteroatoms. The fraction of sp³-hybridized carbons (Fsp3) is 0.214. The summed E-state index contributed by atoms with van der Waals surface area (Å²) in [6.45, 7) is 0.951. The lowest BCUT2D eigenvalue weighted by atomic mass is 10.2. The van der Waals surface area contributed by atoms with Crippen molar-refractivity contribution in [2.75, 3.05) is 5.73 Å². The summed E-state index contributed by atoms with van der Waals surface area (Å²) >= 11 is 0. The third-order valence-corrected chi connectivity index (χ3v) is 3.33. The summed E-state index contributed by atoms with van der Waals surface area (Å²) in [6, 6.07) is 10.2. The molecule has 2 N–H and O–H groups in total. The quantitative estimate of drug-likeness (QED) is 0.713. The third kappa shape index (κ3) is 1.86. The van der Waals surface area contributed by atoms with Gasteiger partial charge in [0.05, 0.1) is 0 Å². The van der Waals surface area contributed by atoms with Crippen LogP contribution in [0.3, 0.4) is 0 Å². The molecule has 0 aliphatic carbocycles. The van der Waals surface area contributed by atoms with Crippen molar-refractivity contribution in [3.8, 4) is 0 Å². The highest BCUT2D eigenvalue weighted by atomic mass is 15.3. The maximum atomic E-state index is 5.78. The van der Waals surface area contributed by atoms with E-state index in [-0.39, 0.29) is 0 Å². The van der Waals surface area contributed by atoms with Crippen LogP contribution in [0.2, 0.25) is 0 Å². The number of aromatic nitrogens is 3. The van der Waals surface area contributed by atoms with Gasteiger partial charge in [0.25, 0.3) is 0 Å². The molecule has 0 bridgehead atoms. The van der Waals surface area contributed by atoms with Gasteiger partial charge in [0.15, 0.2) is 0 Å². The van der Waals surface area contributed by atoms with Crippen LogP contribution in [-0.2, 0) is 20.0 Å². The predicted molar refractivity (Wildman–Crippen MR) is 73.3 cm³/mol. The van der Waals surface area contributed by atoms with Crippen LogP contribution in [0.1, 0.15) is 5.69 Å². The molecule has 0 aliphatic heterocycles. The molecule has 0 saturated carbocycles. The molecular formula is C14H16N4. The van der Waals surface area contributed by atoms with Gasteiger partial charge in [-0.15, -0.1) is 0 Å². The van der Waals surface area contributed by atoms with Crippen molar-refractivity contribution in [1.29, 1.82) is 0 Å². The van der Waals surface area contributed by atoms with Crippen LogP contribution in [0.5, 0.6) is 0 Å². The van der Waals surface area contributed by atoms with E-state index in [2.05, 4.69) is 34.1 Å². The zero-order chi connectivity index (χ0) is 12.5. The second-order valence-electron chi connectivity index (χ2n) is 4.52. The molecule has 0 unspecified atom stereocenters. The van der Waals surface area contributed by atoms with Gasteiger partial charge in [-0.1, -0.05) is 0 Å². The third-order valence-electron chi connectivity index (χ3n) is 3.33. The fourth-order valence-electron chi connectivity index (χ4n) is 2.30. The van der Waals surface area contributed by atoms with Crippen molar-refractivity contribution in [2.45, 2.75) is 13.0 Å². The van der Waals surface area contributed by atoms with Crippen LogP contribution in [-0.4, -0.2) is 14.3 Å². The van der Waals surface area contributed by atoms with E-state index in [0.29, 0.717) is 0 Å². The van der Waals surface area contributed by atoms with Crippen LogP contribution in [0.25, 0.3) is 10.9 Å². The van der Waals surface area contributed by atoms with Gasteiger partial charge in [-0.2, -0.15) is 5.10 Å². The molecular weight excluding hydrogens is 224 g/mol. The first-order valence-corrected chi connectivity index (χ1v) is 6.05. The summed E-state index contributed by atoms with van der Waals surface area (Å²) in [5, 5.41) is 5.38. The molecule has 3 aromatic rings. The Kier molecular flexibility index (Phi) is 2.55. The molecule has 0 spiro atoms. The van der Waals surface area contributed by atoms with Gasteiger partial charge in [0.2, 0.25) is 0 Å². The van der Waals surface area contributed by atoms with Gasteiger partial charge in [0, 0.05) is 54.7 Å². The van der Waals surface area contributed by atoms with Crippen LogP contribution in [0.15, 0.2) is 42.7 Å². The summed E-state index contributed by atoms with van der Waals surface area (Å²) in [6.07, 6.45) is 4.93. The minimum Gasteiger partial charge on any atom is -0.399 e. The molecule has 0 atom stereocenters. The minimum absolute atomic E-state index is 0.812. The standard InChI is InChI=1S/C14H16N4/c1-17-13(4-7-16-17)6-9-18-8-5-11-10-12(15)2-3-14(11)18/h2-5,7-8,10H,6,9,15H2,1H3. The van der Waals surface area contributed by atoms with E-state index in [0.717, 1.165) is 18.7 Å². The molecule has 18 heavy (non-hydrogen) atoms. The largest absolute Gasteiger partial charge is 0.399 e. The first kappa shape index (κ1) is 10.9. The van der Waals surface area contributed by atoms with Gasteiger partial charge in [-0.25, -0.2) is 0 Å². The van der Waals surface area contributed by atoms with Gasteiger partial charge >= 0.3 is 0 Å². The average molecular weight is 240 g/mol. The smallest absolute Gasteiger partial charge is 0.0492 e. The van der Waals surface area contributed by atoms with Crippen LogP contribution in [0.4, 0.5) is 5.69 Å². The lowest BCUT2D eigenvalue weighted by molar-refractivity contribution is 0.649. The first-order chi connectivity index (χ1) is 8.74. The Morgan fingerprint density at radius 2 is 2.11 bits per heavy atom. The predicted octanol–water partition coefficient (Wildman–Crippen LogP) is 2.20. The summed E-state index contributed by atoms with van der Waals surface area (Å²) in [5.41, 5.74) is 9.07. The molecule has 4 nitrogen and oxygen atoms in total. The Balaban J connectivity index is 1.85. The minimum atomic E-state index is 0.812. The second kappa shape index (κ2) is 4.22. The van der Waals surface area contributed by atoms with Gasteiger partial charge in [-0.05, 0) is 30.3 Å². The lowest BCUT2D eigenvalue weighted by Gasteiger charge is -2.06. The molecule has 3 rings (SSSR count). The first-order valence-electron chi connectivity index (χ1n) is 6.05. The monoisotopic (exact) mass is 240 g/mol. The zero-order valence-electron chi connectivity index (χ0n) is 10.4. The van der Waals surface area contributed by atoms with Crippen LogP contribution < -0.4 is 5.73 Å². The lowest BCUT2D eigenvalue weighted by Crippen LogP contribution is -2.04. The van der Waals surface area contributed by atoms with Crippen LogP contribution >= 0.6 is 0 Å². The number of rotatable bonds is 3. The molecule has 0 radical (unpaired) electrons. The number of anilines is 1. The van der Waals surface area contributed by atoms with Crippen molar-refractivity contribution in [3.63, 3.8) is 0 Å². The zero-order valence-corrected chi connectivity index (χ0v) is 10.4. The SMILES string of the molecule is Cn1nccc1CCn1ccc2cc(N)ccc21. The van der Waals surface area contributed by atoms with E-state index in [9.17, 15) is 0 Å². The van der Waals surface area contributed by atoms with Gasteiger partial charge in [0.1, 0.15) is 0 Å². The van der Waals surface area contributed by atoms with E-state index in [4.69, 9.17) is 5.73 Å². The van der Waals surface area contributed by atoms with Gasteiger partial charge in [-0.3, -0.25) is 4.68 Å². The van der Waals surface area contributed by atoms with Crippen molar-refractivity contribution in [3.05, 3.63) is 48.4 Å². The van der Waals surface area contributed by atoms with E-state index in [1.807, 2.05) is 30.1 Å². The van der Waals surface area contributed by atoms with Gasteiger partial charge < -0.3 is 10.3 Å². The normalized spacial score (nSPS) is 11.2. The van der Waals surface area contributed by atoms with Crippen molar-refractivity contribution >= 4 is 16.6 Å². The average Bonchev–Trinajstić information content (AvgIpc) is 2.93. The van der Waals surface area contributed by atoms with E-state index >= 15 is 0 Å². The topological polar surface area (TPSA) is 48.8 Å². The van der Waals surface area contributed by atoms with E-state index in [1.54, 1.807) is 0 Å². The Labute approximate surface area is 106 Å². The van der Waals surface area contributed by atoms with Crippen molar-refractivity contribution in [2.24, 2.45) is 7.05 Å². The molecule has 0 aliphatic rings. The molecule has 0 fully saturated rings. The highest BCUT2D eigenvalue weighted by Gasteiger charge is 2.03. The number of hydrogen-bond acceptors (Lipinski definition) is 2. The maximum absolute atomic E-state index is 5.78. The Morgan fingerprint density at radius 3 is 2.89 bits per heavy atom. The van der Waals surface area contributed by atoms with Crippen molar-refractivity contribution in [1.82, 2.24) is 14.3 Å².